The quantitative estimate of drug-likeness (QED) is 0.614. The van der Waals surface area contributed by atoms with Gasteiger partial charge in [0.1, 0.15) is 5.75 Å². The van der Waals surface area contributed by atoms with Crippen LogP contribution in [0, 0.1) is 0 Å². The van der Waals surface area contributed by atoms with Crippen molar-refractivity contribution in [3.8, 4) is 5.75 Å². The Balaban J connectivity index is 2.11. The second-order valence-corrected chi connectivity index (χ2v) is 9.10. The number of anilines is 1. The van der Waals surface area contributed by atoms with Crippen molar-refractivity contribution in [2.45, 2.75) is 52.6 Å². The van der Waals surface area contributed by atoms with E-state index in [1.165, 1.54) is 5.56 Å². The summed E-state index contributed by atoms with van der Waals surface area (Å²) in [7, 11) is -3.56. The second kappa shape index (κ2) is 9.78. The highest BCUT2D eigenvalue weighted by molar-refractivity contribution is 7.86. The predicted molar refractivity (Wildman–Crippen MR) is 117 cm³/mol. The van der Waals surface area contributed by atoms with Crippen LogP contribution in [-0.2, 0) is 16.7 Å². The van der Waals surface area contributed by atoms with E-state index < -0.39 is 10.1 Å². The van der Waals surface area contributed by atoms with Gasteiger partial charge in [0.2, 0.25) is 0 Å². The van der Waals surface area contributed by atoms with Crippen molar-refractivity contribution in [2.75, 3.05) is 11.6 Å². The van der Waals surface area contributed by atoms with Crippen LogP contribution in [-0.4, -0.2) is 31.6 Å². The highest BCUT2D eigenvalue weighted by Crippen LogP contribution is 2.20. The summed E-state index contributed by atoms with van der Waals surface area (Å²) in [6.07, 6.45) is 1.82. The molecule has 2 aromatic carbocycles. The Bertz CT molecular complexity index is 907. The van der Waals surface area contributed by atoms with Crippen molar-refractivity contribution in [3.05, 3.63) is 59.7 Å². The lowest BCUT2D eigenvalue weighted by molar-refractivity contribution is 0.187. The summed E-state index contributed by atoms with van der Waals surface area (Å²) >= 11 is 0. The Hall–Kier alpha value is -2.54. The Morgan fingerprint density at radius 2 is 1.62 bits per heavy atom. The minimum Gasteiger partial charge on any atom is -0.383 e. The number of hydrogen-bond donors (Lipinski definition) is 1. The monoisotopic (exact) mass is 418 g/mol. The molecule has 0 bridgehead atoms. The zero-order chi connectivity index (χ0) is 21.6. The molecule has 0 unspecified atom stereocenters. The van der Waals surface area contributed by atoms with Crippen molar-refractivity contribution in [1.82, 2.24) is 4.90 Å². The Kier molecular flexibility index (Phi) is 7.67. The van der Waals surface area contributed by atoms with Gasteiger partial charge in [-0.1, -0.05) is 45.0 Å². The first-order chi connectivity index (χ1) is 13.6. The van der Waals surface area contributed by atoms with E-state index in [1.807, 2.05) is 38.1 Å². The van der Waals surface area contributed by atoms with Crippen molar-refractivity contribution >= 4 is 21.8 Å². The highest BCUT2D eigenvalue weighted by atomic mass is 32.2. The van der Waals surface area contributed by atoms with E-state index in [9.17, 15) is 13.2 Å². The number of hydrogen-bond acceptors (Lipinski definition) is 4. The van der Waals surface area contributed by atoms with Crippen LogP contribution in [0.25, 0.3) is 0 Å². The van der Waals surface area contributed by atoms with Crippen LogP contribution in [0.5, 0.6) is 5.75 Å². The third-order valence-electron chi connectivity index (χ3n) is 4.74. The summed E-state index contributed by atoms with van der Waals surface area (Å²) in [5.74, 6) is 0.687. The van der Waals surface area contributed by atoms with E-state index in [0.29, 0.717) is 12.5 Å². The number of rotatable bonds is 8. The standard InChI is InChI=1S/C22H30N2O4S/c1-6-17(4)24(15-18-7-13-21(14-8-18)28-29(5,26)27)22(25)23-20-11-9-19(10-12-20)16(2)3/h7-14,16-17H,6,15H2,1-5H3,(H,23,25)/t17-/m0/s1. The zero-order valence-electron chi connectivity index (χ0n) is 17.7. The molecule has 0 aromatic heterocycles. The van der Waals surface area contributed by atoms with Gasteiger partial charge in [0, 0.05) is 18.3 Å². The number of carbonyl (C=O) groups excluding carboxylic acids is 1. The molecule has 0 saturated carbocycles. The molecule has 0 heterocycles. The van der Waals surface area contributed by atoms with Gasteiger partial charge in [-0.3, -0.25) is 0 Å². The molecule has 0 aliphatic heterocycles. The fourth-order valence-corrected chi connectivity index (χ4v) is 3.28. The smallest absolute Gasteiger partial charge is 0.322 e. The molecule has 0 aliphatic carbocycles. The van der Waals surface area contributed by atoms with Gasteiger partial charge in [0.05, 0.1) is 6.26 Å². The first-order valence-electron chi connectivity index (χ1n) is 9.75. The van der Waals surface area contributed by atoms with Gasteiger partial charge < -0.3 is 14.4 Å². The van der Waals surface area contributed by atoms with Crippen LogP contribution in [0.15, 0.2) is 48.5 Å². The normalized spacial score (nSPS) is 12.5. The maximum absolute atomic E-state index is 12.9. The van der Waals surface area contributed by atoms with E-state index in [0.717, 1.165) is 23.9 Å². The number of carbonyl (C=O) groups is 1. The third-order valence-corrected chi connectivity index (χ3v) is 5.23. The molecule has 2 rings (SSSR count). The number of urea groups is 1. The lowest BCUT2D eigenvalue weighted by Gasteiger charge is -2.29. The molecule has 0 radical (unpaired) electrons. The molecule has 0 saturated heterocycles. The molecule has 0 fully saturated rings. The van der Waals surface area contributed by atoms with Crippen LogP contribution in [0.2, 0.25) is 0 Å². The summed E-state index contributed by atoms with van der Waals surface area (Å²) in [5, 5.41) is 2.97. The average molecular weight is 419 g/mol. The van der Waals surface area contributed by atoms with E-state index in [1.54, 1.807) is 29.2 Å². The summed E-state index contributed by atoms with van der Waals surface area (Å²) in [5.41, 5.74) is 2.86. The van der Waals surface area contributed by atoms with Crippen LogP contribution < -0.4 is 9.50 Å². The van der Waals surface area contributed by atoms with Gasteiger partial charge in [-0.25, -0.2) is 4.79 Å². The number of benzene rings is 2. The Morgan fingerprint density at radius 3 is 2.10 bits per heavy atom. The van der Waals surface area contributed by atoms with Crippen LogP contribution >= 0.6 is 0 Å². The molecular weight excluding hydrogens is 388 g/mol. The number of nitrogens with zero attached hydrogens (tertiary/aromatic N) is 1. The molecule has 2 aromatic rings. The largest absolute Gasteiger partial charge is 0.383 e. The van der Waals surface area contributed by atoms with Crippen molar-refractivity contribution in [1.29, 1.82) is 0 Å². The number of nitrogens with one attached hydrogen (secondary N) is 1. The fourth-order valence-electron chi connectivity index (χ4n) is 2.82. The molecule has 1 N–H and O–H groups in total. The topological polar surface area (TPSA) is 75.7 Å². The van der Waals surface area contributed by atoms with Crippen LogP contribution in [0.1, 0.15) is 51.2 Å². The maximum Gasteiger partial charge on any atom is 0.322 e. The highest BCUT2D eigenvalue weighted by Gasteiger charge is 2.19. The second-order valence-electron chi connectivity index (χ2n) is 7.52. The van der Waals surface area contributed by atoms with E-state index >= 15 is 0 Å². The molecule has 2 amide bonds. The molecule has 0 aliphatic rings. The zero-order valence-corrected chi connectivity index (χ0v) is 18.5. The van der Waals surface area contributed by atoms with E-state index in [2.05, 4.69) is 19.2 Å². The van der Waals surface area contributed by atoms with Gasteiger partial charge in [0.25, 0.3) is 0 Å². The van der Waals surface area contributed by atoms with E-state index in [4.69, 9.17) is 4.18 Å². The Morgan fingerprint density at radius 1 is 1.03 bits per heavy atom. The number of amides is 2. The minimum atomic E-state index is -3.56. The third kappa shape index (κ3) is 7.09. The van der Waals surface area contributed by atoms with Crippen molar-refractivity contribution in [2.24, 2.45) is 0 Å². The first-order valence-corrected chi connectivity index (χ1v) is 11.6. The lowest BCUT2D eigenvalue weighted by Crippen LogP contribution is -2.40. The predicted octanol–water partition coefficient (Wildman–Crippen LogP) is 4.98. The molecule has 7 heteroatoms. The molecule has 1 atom stereocenters. The fraction of sp³-hybridized carbons (Fsp3) is 0.409. The molecule has 0 spiro atoms. The summed E-state index contributed by atoms with van der Waals surface area (Å²) < 4.78 is 27.3. The van der Waals surface area contributed by atoms with Gasteiger partial charge in [-0.2, -0.15) is 8.42 Å². The van der Waals surface area contributed by atoms with E-state index in [-0.39, 0.29) is 17.8 Å². The summed E-state index contributed by atoms with van der Waals surface area (Å²) in [6, 6.07) is 14.5. The molecular formula is C22H30N2O4S. The first kappa shape index (κ1) is 22.7. The summed E-state index contributed by atoms with van der Waals surface area (Å²) in [4.78, 5) is 14.7. The van der Waals surface area contributed by atoms with Gasteiger partial charge in [-0.05, 0) is 54.7 Å². The van der Waals surface area contributed by atoms with Gasteiger partial charge in [-0.15, -0.1) is 0 Å². The summed E-state index contributed by atoms with van der Waals surface area (Å²) in [6.45, 7) is 8.70. The van der Waals surface area contributed by atoms with Gasteiger partial charge in [0.15, 0.2) is 0 Å². The minimum absolute atomic E-state index is 0.0388. The lowest BCUT2D eigenvalue weighted by atomic mass is 10.0. The van der Waals surface area contributed by atoms with Crippen LogP contribution in [0.3, 0.4) is 0 Å². The SMILES string of the molecule is CC[C@H](C)N(Cc1ccc(OS(C)(=O)=O)cc1)C(=O)Nc1ccc(C(C)C)cc1. The van der Waals surface area contributed by atoms with Gasteiger partial charge >= 0.3 is 16.1 Å². The average Bonchev–Trinajstić information content (AvgIpc) is 2.66. The van der Waals surface area contributed by atoms with Crippen molar-refractivity contribution in [3.63, 3.8) is 0 Å². The van der Waals surface area contributed by atoms with Crippen molar-refractivity contribution < 1.29 is 17.4 Å². The van der Waals surface area contributed by atoms with Crippen LogP contribution in [0.4, 0.5) is 10.5 Å². The Labute approximate surface area is 174 Å². The molecule has 29 heavy (non-hydrogen) atoms. The molecule has 158 valence electrons. The molecule has 6 nitrogen and oxygen atoms in total. The maximum atomic E-state index is 12.9.